The van der Waals surface area contributed by atoms with E-state index in [0.717, 1.165) is 37.6 Å². The molecular formula is C23H31Cl2NO2. The average molecular weight is 424 g/mol. The largest absolute Gasteiger partial charge is 0.497 e. The van der Waals surface area contributed by atoms with Crippen molar-refractivity contribution in [3.63, 3.8) is 0 Å². The Morgan fingerprint density at radius 3 is 1.54 bits per heavy atom. The van der Waals surface area contributed by atoms with Crippen molar-refractivity contribution >= 4 is 23.2 Å². The molecule has 2 rings (SSSR count). The van der Waals surface area contributed by atoms with E-state index in [0.29, 0.717) is 23.6 Å². The molecule has 0 saturated carbocycles. The molecule has 0 aliphatic heterocycles. The van der Waals surface area contributed by atoms with Gasteiger partial charge in [0.1, 0.15) is 11.5 Å². The SMILES string of the molecule is CC[C@@H](c1ccc(OC)cc1)[C@H](CN(CCCl)CCCl)c1ccc(OC)cc1. The van der Waals surface area contributed by atoms with Crippen LogP contribution in [0, 0.1) is 0 Å². The fourth-order valence-corrected chi connectivity index (χ4v) is 4.21. The highest BCUT2D eigenvalue weighted by molar-refractivity contribution is 6.18. The summed E-state index contributed by atoms with van der Waals surface area (Å²) in [5, 5.41) is 0. The molecule has 0 spiro atoms. The smallest absolute Gasteiger partial charge is 0.118 e. The maximum Gasteiger partial charge on any atom is 0.118 e. The zero-order valence-corrected chi connectivity index (χ0v) is 18.5. The summed E-state index contributed by atoms with van der Waals surface area (Å²) in [6.07, 6.45) is 1.04. The van der Waals surface area contributed by atoms with Gasteiger partial charge in [-0.05, 0) is 47.7 Å². The van der Waals surface area contributed by atoms with Crippen LogP contribution in [0.1, 0.15) is 36.3 Å². The second-order valence-corrected chi connectivity index (χ2v) is 7.60. The summed E-state index contributed by atoms with van der Waals surface area (Å²) >= 11 is 12.1. The number of hydrogen-bond donors (Lipinski definition) is 0. The third-order valence-corrected chi connectivity index (χ3v) is 5.61. The Morgan fingerprint density at radius 1 is 0.750 bits per heavy atom. The Kier molecular flexibility index (Phi) is 9.97. The highest BCUT2D eigenvalue weighted by Crippen LogP contribution is 2.37. The quantitative estimate of drug-likeness (QED) is 0.405. The van der Waals surface area contributed by atoms with Crippen LogP contribution in [0.2, 0.25) is 0 Å². The molecule has 0 radical (unpaired) electrons. The lowest BCUT2D eigenvalue weighted by molar-refractivity contribution is 0.269. The molecular weight excluding hydrogens is 393 g/mol. The van der Waals surface area contributed by atoms with Gasteiger partial charge in [-0.2, -0.15) is 0 Å². The van der Waals surface area contributed by atoms with Crippen LogP contribution in [-0.4, -0.2) is 50.5 Å². The topological polar surface area (TPSA) is 21.7 Å². The van der Waals surface area contributed by atoms with E-state index in [2.05, 4.69) is 36.1 Å². The van der Waals surface area contributed by atoms with Crippen molar-refractivity contribution in [2.24, 2.45) is 0 Å². The van der Waals surface area contributed by atoms with Gasteiger partial charge < -0.3 is 14.4 Å². The van der Waals surface area contributed by atoms with Crippen LogP contribution in [-0.2, 0) is 0 Å². The molecule has 0 N–H and O–H groups in total. The number of rotatable bonds is 12. The monoisotopic (exact) mass is 423 g/mol. The first-order valence-electron chi connectivity index (χ1n) is 9.78. The Labute approximate surface area is 179 Å². The van der Waals surface area contributed by atoms with Gasteiger partial charge in [0.25, 0.3) is 0 Å². The summed E-state index contributed by atoms with van der Waals surface area (Å²) in [4.78, 5) is 2.36. The Morgan fingerprint density at radius 2 is 1.18 bits per heavy atom. The van der Waals surface area contributed by atoms with Gasteiger partial charge >= 0.3 is 0 Å². The van der Waals surface area contributed by atoms with Crippen LogP contribution in [0.4, 0.5) is 0 Å². The summed E-state index contributed by atoms with van der Waals surface area (Å²) in [7, 11) is 3.39. The minimum absolute atomic E-state index is 0.329. The van der Waals surface area contributed by atoms with E-state index in [-0.39, 0.29) is 0 Å². The standard InChI is InChI=1S/C23H31Cl2NO2/c1-4-22(18-5-9-20(27-2)10-6-18)23(17-26(15-13-24)16-14-25)19-7-11-21(28-3)12-8-19/h5-12,22-23H,4,13-17H2,1-3H3/t22-,23+/m0/s1. The van der Waals surface area contributed by atoms with Gasteiger partial charge in [-0.15, -0.1) is 23.2 Å². The van der Waals surface area contributed by atoms with E-state index in [9.17, 15) is 0 Å². The van der Waals surface area contributed by atoms with Gasteiger partial charge in [0, 0.05) is 37.3 Å². The predicted molar refractivity (Wildman–Crippen MR) is 120 cm³/mol. The summed E-state index contributed by atoms with van der Waals surface area (Å²) in [5.74, 6) is 3.67. The van der Waals surface area contributed by atoms with Gasteiger partial charge in [0.15, 0.2) is 0 Å². The van der Waals surface area contributed by atoms with E-state index in [4.69, 9.17) is 32.7 Å². The number of halogens is 2. The number of ether oxygens (including phenoxy) is 2. The molecule has 0 unspecified atom stereocenters. The predicted octanol–water partition coefficient (Wildman–Crippen LogP) is 5.76. The molecule has 5 heteroatoms. The van der Waals surface area contributed by atoms with E-state index >= 15 is 0 Å². The maximum atomic E-state index is 6.05. The van der Waals surface area contributed by atoms with Crippen molar-refractivity contribution in [1.29, 1.82) is 0 Å². The highest BCUT2D eigenvalue weighted by Gasteiger charge is 2.26. The number of alkyl halides is 2. The third-order valence-electron chi connectivity index (χ3n) is 5.27. The van der Waals surface area contributed by atoms with E-state index in [1.54, 1.807) is 14.2 Å². The second-order valence-electron chi connectivity index (χ2n) is 6.85. The van der Waals surface area contributed by atoms with Crippen molar-refractivity contribution in [2.45, 2.75) is 25.2 Å². The minimum Gasteiger partial charge on any atom is -0.497 e. The molecule has 0 aromatic heterocycles. The zero-order chi connectivity index (χ0) is 20.4. The average Bonchev–Trinajstić information content (AvgIpc) is 2.74. The Bertz CT molecular complexity index is 670. The van der Waals surface area contributed by atoms with E-state index in [1.165, 1.54) is 11.1 Å². The number of benzene rings is 2. The molecule has 154 valence electrons. The van der Waals surface area contributed by atoms with E-state index < -0.39 is 0 Å². The summed E-state index contributed by atoms with van der Waals surface area (Å²) in [5.41, 5.74) is 2.62. The Hall–Kier alpha value is -1.42. The molecule has 0 bridgehead atoms. The first-order chi connectivity index (χ1) is 13.7. The Balaban J connectivity index is 2.37. The van der Waals surface area contributed by atoms with Crippen molar-refractivity contribution in [1.82, 2.24) is 4.90 Å². The summed E-state index contributed by atoms with van der Waals surface area (Å²) in [6.45, 7) is 4.83. The molecule has 3 nitrogen and oxygen atoms in total. The summed E-state index contributed by atoms with van der Waals surface area (Å²) < 4.78 is 10.7. The van der Waals surface area contributed by atoms with Crippen LogP contribution in [0.15, 0.2) is 48.5 Å². The van der Waals surface area contributed by atoms with Crippen LogP contribution in [0.3, 0.4) is 0 Å². The van der Waals surface area contributed by atoms with Crippen molar-refractivity contribution in [2.75, 3.05) is 45.6 Å². The van der Waals surface area contributed by atoms with Gasteiger partial charge in [-0.3, -0.25) is 0 Å². The lowest BCUT2D eigenvalue weighted by Crippen LogP contribution is -2.34. The van der Waals surface area contributed by atoms with Crippen molar-refractivity contribution in [3.05, 3.63) is 59.7 Å². The first-order valence-corrected chi connectivity index (χ1v) is 10.9. The highest BCUT2D eigenvalue weighted by atomic mass is 35.5. The van der Waals surface area contributed by atoms with Crippen LogP contribution < -0.4 is 9.47 Å². The lowest BCUT2D eigenvalue weighted by atomic mass is 9.79. The molecule has 0 aliphatic rings. The fourth-order valence-electron chi connectivity index (χ4n) is 3.73. The maximum absolute atomic E-state index is 6.05. The van der Waals surface area contributed by atoms with Gasteiger partial charge in [0.05, 0.1) is 14.2 Å². The molecule has 2 aromatic carbocycles. The van der Waals surface area contributed by atoms with Crippen molar-refractivity contribution < 1.29 is 9.47 Å². The second kappa shape index (κ2) is 12.2. The number of hydrogen-bond acceptors (Lipinski definition) is 3. The van der Waals surface area contributed by atoms with E-state index in [1.807, 2.05) is 24.3 Å². The molecule has 0 fully saturated rings. The van der Waals surface area contributed by atoms with Gasteiger partial charge in [-0.25, -0.2) is 0 Å². The zero-order valence-electron chi connectivity index (χ0n) is 17.0. The molecule has 0 heterocycles. The van der Waals surface area contributed by atoms with Crippen LogP contribution >= 0.6 is 23.2 Å². The van der Waals surface area contributed by atoms with Crippen molar-refractivity contribution in [3.8, 4) is 11.5 Å². The summed E-state index contributed by atoms with van der Waals surface area (Å²) in [6, 6.07) is 16.9. The minimum atomic E-state index is 0.329. The van der Waals surface area contributed by atoms with Crippen LogP contribution in [0.25, 0.3) is 0 Å². The third kappa shape index (κ3) is 6.30. The molecule has 0 amide bonds. The number of nitrogens with zero attached hydrogens (tertiary/aromatic N) is 1. The number of methoxy groups -OCH3 is 2. The lowest BCUT2D eigenvalue weighted by Gasteiger charge is -2.32. The molecule has 2 atom stereocenters. The fraction of sp³-hybridized carbons (Fsp3) is 0.478. The van der Waals surface area contributed by atoms with Gasteiger partial charge in [0.2, 0.25) is 0 Å². The van der Waals surface area contributed by atoms with Gasteiger partial charge in [-0.1, -0.05) is 31.2 Å². The first kappa shape index (κ1) is 22.9. The molecule has 28 heavy (non-hydrogen) atoms. The molecule has 2 aromatic rings. The van der Waals surface area contributed by atoms with Crippen LogP contribution in [0.5, 0.6) is 11.5 Å². The normalized spacial score (nSPS) is 13.4. The molecule has 0 aliphatic carbocycles. The molecule has 0 saturated heterocycles.